The second-order valence-corrected chi connectivity index (χ2v) is 5.72. The fourth-order valence-electron chi connectivity index (χ4n) is 2.88. The molecular weight excluding hydrogens is 276 g/mol. The van der Waals surface area contributed by atoms with Gasteiger partial charge in [0.15, 0.2) is 0 Å². The third-order valence-corrected chi connectivity index (χ3v) is 4.37. The minimum Gasteiger partial charge on any atom is -0.434 e. The smallest absolute Gasteiger partial charge is 0.387 e. The van der Waals surface area contributed by atoms with Gasteiger partial charge in [0.05, 0.1) is 5.56 Å². The first-order valence-electron chi connectivity index (χ1n) is 7.33. The van der Waals surface area contributed by atoms with Crippen molar-refractivity contribution < 1.29 is 18.3 Å². The highest BCUT2D eigenvalue weighted by Crippen LogP contribution is 2.30. The van der Waals surface area contributed by atoms with Crippen molar-refractivity contribution in [2.45, 2.75) is 45.8 Å². The maximum absolute atomic E-state index is 12.4. The summed E-state index contributed by atoms with van der Waals surface area (Å²) in [6.45, 7) is 1.36. The normalized spacial score (nSPS) is 25.7. The van der Waals surface area contributed by atoms with Crippen LogP contribution >= 0.6 is 0 Å². The molecule has 0 aromatic heterocycles. The summed E-state index contributed by atoms with van der Waals surface area (Å²) < 4.78 is 29.2. The summed E-state index contributed by atoms with van der Waals surface area (Å²) in [4.78, 5) is 12.3. The summed E-state index contributed by atoms with van der Waals surface area (Å²) in [5, 5.41) is 2.97. The monoisotopic (exact) mass is 297 g/mol. The van der Waals surface area contributed by atoms with Gasteiger partial charge in [-0.2, -0.15) is 8.78 Å². The molecule has 1 fully saturated rings. The van der Waals surface area contributed by atoms with Crippen molar-refractivity contribution in [3.8, 4) is 5.75 Å². The second kappa shape index (κ2) is 6.87. The Labute approximate surface area is 123 Å². The average Bonchev–Trinajstić information content (AvgIpc) is 2.44. The maximum atomic E-state index is 12.4. The van der Waals surface area contributed by atoms with E-state index >= 15 is 0 Å². The van der Waals surface area contributed by atoms with Crippen LogP contribution in [0.2, 0.25) is 0 Å². The molecule has 1 aliphatic carbocycles. The Morgan fingerprint density at radius 2 is 2.00 bits per heavy atom. The van der Waals surface area contributed by atoms with Gasteiger partial charge in [0.25, 0.3) is 5.91 Å². The highest BCUT2D eigenvalue weighted by Gasteiger charge is 2.29. The Morgan fingerprint density at radius 1 is 1.29 bits per heavy atom. The van der Waals surface area contributed by atoms with Crippen molar-refractivity contribution in [1.82, 2.24) is 5.32 Å². The number of para-hydroxylation sites is 1. The second-order valence-electron chi connectivity index (χ2n) is 5.72. The minimum atomic E-state index is -2.94. The molecule has 3 atom stereocenters. The summed E-state index contributed by atoms with van der Waals surface area (Å²) >= 11 is 0. The number of alkyl halides is 2. The topological polar surface area (TPSA) is 38.3 Å². The van der Waals surface area contributed by atoms with Crippen LogP contribution in [-0.4, -0.2) is 18.6 Å². The lowest BCUT2D eigenvalue weighted by atomic mass is 9.78. The number of carbonyl (C=O) groups is 1. The van der Waals surface area contributed by atoms with E-state index in [9.17, 15) is 13.6 Å². The molecule has 0 aliphatic heterocycles. The highest BCUT2D eigenvalue weighted by molar-refractivity contribution is 5.97. The van der Waals surface area contributed by atoms with Crippen LogP contribution < -0.4 is 10.1 Å². The average molecular weight is 297 g/mol. The van der Waals surface area contributed by atoms with Crippen LogP contribution in [-0.2, 0) is 0 Å². The number of carbonyl (C=O) groups excluding carboxylic acids is 1. The number of rotatable bonds is 4. The fourth-order valence-corrected chi connectivity index (χ4v) is 2.88. The summed E-state index contributed by atoms with van der Waals surface area (Å²) in [6, 6.07) is 6.18. The van der Waals surface area contributed by atoms with Crippen LogP contribution in [0.3, 0.4) is 0 Å². The molecule has 3 nitrogen and oxygen atoms in total. The van der Waals surface area contributed by atoms with Crippen molar-refractivity contribution >= 4 is 5.91 Å². The van der Waals surface area contributed by atoms with Crippen molar-refractivity contribution in [3.63, 3.8) is 0 Å². The molecule has 116 valence electrons. The third-order valence-electron chi connectivity index (χ3n) is 4.37. The lowest BCUT2D eigenvalue weighted by Gasteiger charge is -2.34. The molecule has 3 unspecified atom stereocenters. The van der Waals surface area contributed by atoms with Gasteiger partial charge in [-0.25, -0.2) is 0 Å². The number of nitrogens with one attached hydrogen (secondary N) is 1. The maximum Gasteiger partial charge on any atom is 0.387 e. The van der Waals surface area contributed by atoms with Gasteiger partial charge in [-0.15, -0.1) is 0 Å². The first-order chi connectivity index (χ1) is 9.99. The molecule has 5 heteroatoms. The molecule has 21 heavy (non-hydrogen) atoms. The van der Waals surface area contributed by atoms with Crippen LogP contribution in [0.4, 0.5) is 8.78 Å². The SMILES string of the molecule is CC1CCCC(NC(=O)c2ccccc2OC(F)F)C1C. The predicted octanol–water partition coefficient (Wildman–Crippen LogP) is 3.84. The zero-order valence-electron chi connectivity index (χ0n) is 12.3. The van der Waals surface area contributed by atoms with Gasteiger partial charge in [-0.05, 0) is 30.4 Å². The van der Waals surface area contributed by atoms with E-state index in [-0.39, 0.29) is 23.3 Å². The van der Waals surface area contributed by atoms with E-state index in [2.05, 4.69) is 23.9 Å². The predicted molar refractivity (Wildman–Crippen MR) is 76.5 cm³/mol. The van der Waals surface area contributed by atoms with Crippen LogP contribution in [0.5, 0.6) is 5.75 Å². The highest BCUT2D eigenvalue weighted by atomic mass is 19.3. The van der Waals surface area contributed by atoms with Crippen LogP contribution in [0, 0.1) is 11.8 Å². The van der Waals surface area contributed by atoms with E-state index in [1.165, 1.54) is 18.6 Å². The number of benzene rings is 1. The lowest BCUT2D eigenvalue weighted by Crippen LogP contribution is -2.43. The summed E-state index contributed by atoms with van der Waals surface area (Å²) in [5.41, 5.74) is 0.156. The van der Waals surface area contributed by atoms with Crippen LogP contribution in [0.15, 0.2) is 24.3 Å². The fraction of sp³-hybridized carbons (Fsp3) is 0.562. The van der Waals surface area contributed by atoms with E-state index < -0.39 is 6.61 Å². The van der Waals surface area contributed by atoms with Gasteiger partial charge in [-0.1, -0.05) is 38.8 Å². The molecule has 0 spiro atoms. The van der Waals surface area contributed by atoms with Crippen molar-refractivity contribution in [2.75, 3.05) is 0 Å². The van der Waals surface area contributed by atoms with E-state index in [1.54, 1.807) is 12.1 Å². The summed E-state index contributed by atoms with van der Waals surface area (Å²) in [7, 11) is 0. The summed E-state index contributed by atoms with van der Waals surface area (Å²) in [6.07, 6.45) is 3.17. The molecule has 1 aromatic carbocycles. The van der Waals surface area contributed by atoms with Gasteiger partial charge in [0.1, 0.15) is 5.75 Å². The number of hydrogen-bond acceptors (Lipinski definition) is 2. The molecule has 1 aromatic rings. The zero-order chi connectivity index (χ0) is 15.4. The number of hydrogen-bond donors (Lipinski definition) is 1. The van der Waals surface area contributed by atoms with E-state index in [4.69, 9.17) is 0 Å². The zero-order valence-corrected chi connectivity index (χ0v) is 12.3. The first-order valence-corrected chi connectivity index (χ1v) is 7.33. The number of amides is 1. The molecule has 1 aliphatic rings. The van der Waals surface area contributed by atoms with Gasteiger partial charge < -0.3 is 10.1 Å². The molecule has 0 radical (unpaired) electrons. The Hall–Kier alpha value is -1.65. The Bertz CT molecular complexity index is 493. The first kappa shape index (κ1) is 15.7. The number of ether oxygens (including phenoxy) is 1. The third kappa shape index (κ3) is 3.93. The largest absolute Gasteiger partial charge is 0.434 e. The summed E-state index contributed by atoms with van der Waals surface area (Å²) in [5.74, 6) is 0.501. The van der Waals surface area contributed by atoms with Gasteiger partial charge in [0, 0.05) is 6.04 Å². The van der Waals surface area contributed by atoms with Gasteiger partial charge in [0.2, 0.25) is 0 Å². The standard InChI is InChI=1S/C16H21F2NO2/c1-10-6-5-8-13(11(10)2)19-15(20)12-7-3-4-9-14(12)21-16(17)18/h3-4,7,9-11,13,16H,5-6,8H2,1-2H3,(H,19,20). The quantitative estimate of drug-likeness (QED) is 0.917. The van der Waals surface area contributed by atoms with E-state index in [1.807, 2.05) is 0 Å². The molecular formula is C16H21F2NO2. The number of halogens is 2. The lowest BCUT2D eigenvalue weighted by molar-refractivity contribution is -0.0501. The Kier molecular flexibility index (Phi) is 5.15. The molecule has 1 N–H and O–H groups in total. The van der Waals surface area contributed by atoms with Crippen molar-refractivity contribution in [1.29, 1.82) is 0 Å². The molecule has 0 heterocycles. The van der Waals surface area contributed by atoms with E-state index in [0.717, 1.165) is 12.8 Å². The molecule has 1 saturated carbocycles. The van der Waals surface area contributed by atoms with Crippen LogP contribution in [0.25, 0.3) is 0 Å². The van der Waals surface area contributed by atoms with Crippen molar-refractivity contribution in [2.24, 2.45) is 11.8 Å². The molecule has 2 rings (SSSR count). The van der Waals surface area contributed by atoms with Gasteiger partial charge >= 0.3 is 6.61 Å². The Balaban J connectivity index is 2.09. The van der Waals surface area contributed by atoms with Crippen molar-refractivity contribution in [3.05, 3.63) is 29.8 Å². The van der Waals surface area contributed by atoms with Crippen LogP contribution in [0.1, 0.15) is 43.5 Å². The minimum absolute atomic E-state index is 0.0819. The molecule has 0 bridgehead atoms. The van der Waals surface area contributed by atoms with E-state index in [0.29, 0.717) is 11.8 Å². The molecule has 0 saturated heterocycles. The Morgan fingerprint density at radius 3 is 2.71 bits per heavy atom. The van der Waals surface area contributed by atoms with Gasteiger partial charge in [-0.3, -0.25) is 4.79 Å². The molecule has 1 amide bonds.